The van der Waals surface area contributed by atoms with Crippen LogP contribution in [0.2, 0.25) is 0 Å². The molecule has 1 heterocycles. The number of carbonyl (C=O) groups excluding carboxylic acids is 1. The third-order valence-corrected chi connectivity index (χ3v) is 7.43. The van der Waals surface area contributed by atoms with Crippen molar-refractivity contribution in [3.63, 3.8) is 0 Å². The maximum absolute atomic E-state index is 12.4. The Hall–Kier alpha value is -3.38. The molecule has 2 aromatic carbocycles. The van der Waals surface area contributed by atoms with Crippen LogP contribution >= 0.6 is 0 Å². The fourth-order valence-electron chi connectivity index (χ4n) is 4.95. The monoisotopic (exact) mass is 501 g/mol. The van der Waals surface area contributed by atoms with Gasteiger partial charge in [-0.15, -0.1) is 0 Å². The van der Waals surface area contributed by atoms with Crippen molar-refractivity contribution in [1.29, 1.82) is 0 Å². The topological polar surface area (TPSA) is 63.2 Å². The fourth-order valence-corrected chi connectivity index (χ4v) is 4.95. The minimum atomic E-state index is -0.481. The second-order valence-corrected chi connectivity index (χ2v) is 9.88. The van der Waals surface area contributed by atoms with Gasteiger partial charge in [0.05, 0.1) is 31.5 Å². The van der Waals surface area contributed by atoms with Crippen LogP contribution in [0.5, 0.6) is 0 Å². The van der Waals surface area contributed by atoms with Crippen molar-refractivity contribution < 1.29 is 14.3 Å². The molecule has 196 valence electrons. The molecule has 1 aliphatic heterocycles. The number of allylic oxidation sites excluding steroid dienone is 3. The van der Waals surface area contributed by atoms with Gasteiger partial charge >= 0.3 is 5.97 Å². The van der Waals surface area contributed by atoms with E-state index in [1.54, 1.807) is 0 Å². The van der Waals surface area contributed by atoms with Crippen molar-refractivity contribution in [1.82, 2.24) is 4.90 Å². The number of methoxy groups -OCH3 is 1. The molecule has 2 aliphatic rings. The molecule has 2 fully saturated rings. The highest BCUT2D eigenvalue weighted by Crippen LogP contribution is 2.45. The first kappa shape index (κ1) is 26.7. The Labute approximate surface area is 221 Å². The van der Waals surface area contributed by atoms with E-state index in [4.69, 9.17) is 14.5 Å². The highest BCUT2D eigenvalue weighted by atomic mass is 16.5. The first-order valence-electron chi connectivity index (χ1n) is 13.3. The second kappa shape index (κ2) is 12.2. The highest BCUT2D eigenvalue weighted by Gasteiger charge is 2.46. The Morgan fingerprint density at radius 1 is 1.08 bits per heavy atom. The summed E-state index contributed by atoms with van der Waals surface area (Å²) in [6.07, 6.45) is 5.79. The number of carbonyl (C=O) groups is 1. The van der Waals surface area contributed by atoms with Gasteiger partial charge in [-0.25, -0.2) is 4.99 Å². The number of esters is 1. The van der Waals surface area contributed by atoms with Crippen molar-refractivity contribution in [2.45, 2.75) is 51.9 Å². The fraction of sp³-hybridized carbons (Fsp3) is 0.419. The van der Waals surface area contributed by atoms with E-state index in [2.05, 4.69) is 49.2 Å². The minimum Gasteiger partial charge on any atom is -0.468 e. The van der Waals surface area contributed by atoms with E-state index in [1.165, 1.54) is 12.7 Å². The number of morpholine rings is 1. The molecule has 4 rings (SSSR count). The molecular weight excluding hydrogens is 462 g/mol. The number of ether oxygens (including phenoxy) is 2. The van der Waals surface area contributed by atoms with E-state index >= 15 is 0 Å². The van der Waals surface area contributed by atoms with Crippen LogP contribution in [0.25, 0.3) is 0 Å². The molecule has 37 heavy (non-hydrogen) atoms. The summed E-state index contributed by atoms with van der Waals surface area (Å²) in [5.41, 5.74) is 5.74. The molecule has 0 atom stereocenters. The average Bonchev–Trinajstić information content (AvgIpc) is 2.91. The minimum absolute atomic E-state index is 0.134. The summed E-state index contributed by atoms with van der Waals surface area (Å²) in [5, 5.41) is 3.51. The van der Waals surface area contributed by atoms with Crippen LogP contribution in [0.1, 0.15) is 57.6 Å². The zero-order valence-electron chi connectivity index (χ0n) is 22.5. The van der Waals surface area contributed by atoms with Crippen LogP contribution in [-0.4, -0.2) is 50.0 Å². The maximum Gasteiger partial charge on any atom is 0.316 e. The third-order valence-electron chi connectivity index (χ3n) is 7.43. The standard InChI is InChI=1S/C31H39N3O3/c1-5-23(2)29(34-18-20-37-21-19-34)33-28(25-10-7-6-8-11-25)22-24(3)32-27-14-12-26(13-15-27)31(16-9-17-31)30(35)36-4/h6-8,10-15,22,32H,5,9,16-21H2,1-4H3/b24-22+,29-23-,33-28+. The molecule has 1 N–H and O–H groups in total. The van der Waals surface area contributed by atoms with Gasteiger partial charge < -0.3 is 19.7 Å². The summed E-state index contributed by atoms with van der Waals surface area (Å²) in [6, 6.07) is 18.5. The zero-order valence-corrected chi connectivity index (χ0v) is 22.5. The van der Waals surface area contributed by atoms with Crippen molar-refractivity contribution in [2.24, 2.45) is 4.99 Å². The van der Waals surface area contributed by atoms with Gasteiger partial charge in [0.15, 0.2) is 0 Å². The lowest BCUT2D eigenvalue weighted by Gasteiger charge is -2.39. The second-order valence-electron chi connectivity index (χ2n) is 9.88. The first-order valence-corrected chi connectivity index (χ1v) is 13.3. The van der Waals surface area contributed by atoms with E-state index in [0.717, 1.165) is 86.0 Å². The Morgan fingerprint density at radius 2 is 1.76 bits per heavy atom. The Morgan fingerprint density at radius 3 is 2.32 bits per heavy atom. The van der Waals surface area contributed by atoms with Crippen LogP contribution in [-0.2, 0) is 19.7 Å². The summed E-state index contributed by atoms with van der Waals surface area (Å²) in [7, 11) is 1.47. The molecule has 0 aromatic heterocycles. The molecule has 6 heteroatoms. The number of benzene rings is 2. The summed E-state index contributed by atoms with van der Waals surface area (Å²) >= 11 is 0. The number of rotatable bonds is 9. The van der Waals surface area contributed by atoms with Crippen molar-refractivity contribution >= 4 is 17.4 Å². The maximum atomic E-state index is 12.4. The number of hydrogen-bond donors (Lipinski definition) is 1. The molecule has 1 saturated carbocycles. The Balaban J connectivity index is 1.61. The summed E-state index contributed by atoms with van der Waals surface area (Å²) < 4.78 is 10.7. The molecule has 0 radical (unpaired) electrons. The predicted octanol–water partition coefficient (Wildman–Crippen LogP) is 6.06. The van der Waals surface area contributed by atoms with Crippen molar-refractivity contribution in [2.75, 3.05) is 38.7 Å². The van der Waals surface area contributed by atoms with Crippen LogP contribution in [0.4, 0.5) is 5.69 Å². The number of hydrogen-bond acceptors (Lipinski definition) is 6. The largest absolute Gasteiger partial charge is 0.468 e. The molecule has 1 aliphatic carbocycles. The van der Waals surface area contributed by atoms with E-state index in [9.17, 15) is 4.79 Å². The lowest BCUT2D eigenvalue weighted by Crippen LogP contribution is -2.43. The van der Waals surface area contributed by atoms with E-state index in [-0.39, 0.29) is 5.97 Å². The van der Waals surface area contributed by atoms with Crippen molar-refractivity contribution in [3.8, 4) is 0 Å². The summed E-state index contributed by atoms with van der Waals surface area (Å²) in [5.74, 6) is 0.900. The van der Waals surface area contributed by atoms with Gasteiger partial charge in [0.1, 0.15) is 5.82 Å². The predicted molar refractivity (Wildman–Crippen MR) is 150 cm³/mol. The third kappa shape index (κ3) is 6.13. The van der Waals surface area contributed by atoms with E-state index in [0.29, 0.717) is 0 Å². The van der Waals surface area contributed by atoms with Gasteiger partial charge in [-0.2, -0.15) is 0 Å². The summed E-state index contributed by atoms with van der Waals surface area (Å²) in [4.78, 5) is 20.0. The summed E-state index contributed by atoms with van der Waals surface area (Å²) in [6.45, 7) is 9.53. The molecule has 0 unspecified atom stereocenters. The molecule has 0 bridgehead atoms. The van der Waals surface area contributed by atoms with Crippen LogP contribution < -0.4 is 5.32 Å². The number of nitrogens with zero attached hydrogens (tertiary/aromatic N) is 2. The van der Waals surface area contributed by atoms with Gasteiger partial charge in [-0.1, -0.05) is 55.8 Å². The van der Waals surface area contributed by atoms with Gasteiger partial charge in [0, 0.05) is 30.0 Å². The molecule has 2 aromatic rings. The normalized spacial score (nSPS) is 18.5. The van der Waals surface area contributed by atoms with Gasteiger partial charge in [0.2, 0.25) is 0 Å². The lowest BCUT2D eigenvalue weighted by molar-refractivity contribution is -0.151. The van der Waals surface area contributed by atoms with E-state index < -0.39 is 5.41 Å². The quantitative estimate of drug-likeness (QED) is 0.334. The van der Waals surface area contributed by atoms with Gasteiger partial charge in [-0.05, 0) is 62.5 Å². The number of aliphatic imine (C=N–C) groups is 1. The van der Waals surface area contributed by atoms with Crippen molar-refractivity contribution in [3.05, 3.63) is 88.9 Å². The number of nitrogens with one attached hydrogen (secondary N) is 1. The van der Waals surface area contributed by atoms with Gasteiger partial charge in [0.25, 0.3) is 0 Å². The molecule has 6 nitrogen and oxygen atoms in total. The Bertz CT molecular complexity index is 1160. The molecule has 0 spiro atoms. The van der Waals surface area contributed by atoms with Gasteiger partial charge in [-0.3, -0.25) is 4.79 Å². The molecule has 1 saturated heterocycles. The SMILES string of the molecule is CC/C(C)=C(/N=C(\C=C(/C)Nc1ccc(C2(C(=O)OC)CCC2)cc1)c1ccccc1)N1CCOCC1. The highest BCUT2D eigenvalue weighted by molar-refractivity contribution is 6.09. The first-order chi connectivity index (χ1) is 18.0. The van der Waals surface area contributed by atoms with Crippen LogP contribution in [0, 0.1) is 0 Å². The van der Waals surface area contributed by atoms with Crippen LogP contribution in [0.3, 0.4) is 0 Å². The van der Waals surface area contributed by atoms with Crippen LogP contribution in [0.15, 0.2) is 82.8 Å². The average molecular weight is 502 g/mol. The number of anilines is 1. The van der Waals surface area contributed by atoms with E-state index in [1.807, 2.05) is 42.5 Å². The molecular formula is C31H39N3O3. The smallest absolute Gasteiger partial charge is 0.316 e. The zero-order chi connectivity index (χ0) is 26.3. The molecule has 0 amide bonds. The Kier molecular flexibility index (Phi) is 8.82. The lowest BCUT2D eigenvalue weighted by atomic mass is 9.64.